The topological polar surface area (TPSA) is 58.4 Å². The van der Waals surface area contributed by atoms with Crippen molar-refractivity contribution in [3.05, 3.63) is 18.2 Å². The minimum absolute atomic E-state index is 0.813. The molecule has 0 amide bonds. The molecule has 0 atom stereocenters. The summed E-state index contributed by atoms with van der Waals surface area (Å²) in [6.45, 7) is 7.00. The Morgan fingerprint density at radius 3 is 2.94 bits per heavy atom. The van der Waals surface area contributed by atoms with E-state index >= 15 is 0 Å². The molecule has 0 aliphatic rings. The smallest absolute Gasteiger partial charge is 0.203 e. The van der Waals surface area contributed by atoms with Crippen LogP contribution in [0.1, 0.15) is 19.2 Å². The van der Waals surface area contributed by atoms with Gasteiger partial charge < -0.3 is 10.2 Å². The standard InChI is InChI=1S/C12H20N6/c1-4-5-13-6-8-17(3)11-12-16-15-10(2)18(12)9-7-14-11/h7,9,13H,4-6,8H2,1-3H3. The maximum absolute atomic E-state index is 4.39. The second kappa shape index (κ2) is 5.77. The zero-order chi connectivity index (χ0) is 13.0. The van der Waals surface area contributed by atoms with Crippen LogP contribution in [0.5, 0.6) is 0 Å². The van der Waals surface area contributed by atoms with Crippen LogP contribution in [0, 0.1) is 6.92 Å². The van der Waals surface area contributed by atoms with Gasteiger partial charge in [0.1, 0.15) is 5.82 Å². The largest absolute Gasteiger partial charge is 0.355 e. The monoisotopic (exact) mass is 248 g/mol. The highest BCUT2D eigenvalue weighted by molar-refractivity contribution is 5.63. The number of nitrogens with zero attached hydrogens (tertiary/aromatic N) is 5. The SMILES string of the molecule is CCCNCCN(C)c1nccn2c(C)nnc12. The highest BCUT2D eigenvalue weighted by Gasteiger charge is 2.11. The van der Waals surface area contributed by atoms with E-state index in [2.05, 4.69) is 32.3 Å². The molecular formula is C12H20N6. The number of fused-ring (bicyclic) bond motifs is 1. The predicted octanol–water partition coefficient (Wildman–Crippen LogP) is 0.869. The Balaban J connectivity index is 2.10. The van der Waals surface area contributed by atoms with Crippen LogP contribution in [0.2, 0.25) is 0 Å². The van der Waals surface area contributed by atoms with Crippen molar-refractivity contribution in [3.63, 3.8) is 0 Å². The van der Waals surface area contributed by atoms with E-state index in [-0.39, 0.29) is 0 Å². The molecular weight excluding hydrogens is 228 g/mol. The highest BCUT2D eigenvalue weighted by Crippen LogP contribution is 2.15. The first-order valence-electron chi connectivity index (χ1n) is 6.32. The Morgan fingerprint density at radius 1 is 1.33 bits per heavy atom. The molecule has 98 valence electrons. The molecule has 6 heteroatoms. The maximum atomic E-state index is 4.39. The van der Waals surface area contributed by atoms with Crippen LogP contribution in [-0.4, -0.2) is 46.3 Å². The molecule has 0 radical (unpaired) electrons. The lowest BCUT2D eigenvalue weighted by Crippen LogP contribution is -2.30. The predicted molar refractivity (Wildman–Crippen MR) is 71.9 cm³/mol. The van der Waals surface area contributed by atoms with E-state index in [9.17, 15) is 0 Å². The zero-order valence-corrected chi connectivity index (χ0v) is 11.2. The molecule has 2 aromatic heterocycles. The van der Waals surface area contributed by atoms with Gasteiger partial charge >= 0.3 is 0 Å². The maximum Gasteiger partial charge on any atom is 0.203 e. The fraction of sp³-hybridized carbons (Fsp3) is 0.583. The average molecular weight is 248 g/mol. The third-order valence-corrected chi connectivity index (χ3v) is 2.89. The van der Waals surface area contributed by atoms with Gasteiger partial charge in [0.15, 0.2) is 5.82 Å². The van der Waals surface area contributed by atoms with Gasteiger partial charge in [-0.05, 0) is 19.9 Å². The van der Waals surface area contributed by atoms with Crippen LogP contribution in [0.4, 0.5) is 5.82 Å². The number of aryl methyl sites for hydroxylation is 1. The van der Waals surface area contributed by atoms with Crippen LogP contribution in [0.15, 0.2) is 12.4 Å². The summed E-state index contributed by atoms with van der Waals surface area (Å²) >= 11 is 0. The first kappa shape index (κ1) is 12.8. The number of hydrogen-bond donors (Lipinski definition) is 1. The van der Waals surface area contributed by atoms with Crippen molar-refractivity contribution in [1.29, 1.82) is 0 Å². The number of aromatic nitrogens is 4. The Morgan fingerprint density at radius 2 is 2.17 bits per heavy atom. The lowest BCUT2D eigenvalue weighted by Gasteiger charge is -2.18. The summed E-state index contributed by atoms with van der Waals surface area (Å²) in [6, 6.07) is 0. The van der Waals surface area contributed by atoms with Gasteiger partial charge in [0, 0.05) is 32.5 Å². The third kappa shape index (κ3) is 2.59. The van der Waals surface area contributed by atoms with Gasteiger partial charge in [-0.2, -0.15) is 0 Å². The quantitative estimate of drug-likeness (QED) is 0.769. The molecule has 2 heterocycles. The minimum atomic E-state index is 0.813. The van der Waals surface area contributed by atoms with E-state index < -0.39 is 0 Å². The third-order valence-electron chi connectivity index (χ3n) is 2.89. The minimum Gasteiger partial charge on any atom is -0.355 e. The fourth-order valence-electron chi connectivity index (χ4n) is 1.85. The van der Waals surface area contributed by atoms with Gasteiger partial charge in [-0.25, -0.2) is 4.98 Å². The highest BCUT2D eigenvalue weighted by atomic mass is 15.3. The molecule has 1 N–H and O–H groups in total. The van der Waals surface area contributed by atoms with Gasteiger partial charge in [-0.3, -0.25) is 4.40 Å². The van der Waals surface area contributed by atoms with Gasteiger partial charge in [0.25, 0.3) is 0 Å². The molecule has 2 aromatic rings. The summed E-state index contributed by atoms with van der Waals surface area (Å²) in [5.41, 5.74) is 0.813. The van der Waals surface area contributed by atoms with Gasteiger partial charge in [-0.1, -0.05) is 6.92 Å². The van der Waals surface area contributed by atoms with Gasteiger partial charge in [0.05, 0.1) is 0 Å². The van der Waals surface area contributed by atoms with Crippen LogP contribution < -0.4 is 10.2 Å². The average Bonchev–Trinajstić information content (AvgIpc) is 2.76. The van der Waals surface area contributed by atoms with Crippen molar-refractivity contribution in [2.24, 2.45) is 0 Å². The van der Waals surface area contributed by atoms with Crippen molar-refractivity contribution in [1.82, 2.24) is 24.9 Å². The molecule has 0 bridgehead atoms. The molecule has 2 rings (SSSR count). The Bertz CT molecular complexity index is 506. The van der Waals surface area contributed by atoms with Crippen molar-refractivity contribution in [3.8, 4) is 0 Å². The van der Waals surface area contributed by atoms with Crippen LogP contribution in [-0.2, 0) is 0 Å². The summed E-state index contributed by atoms with van der Waals surface area (Å²) < 4.78 is 1.96. The molecule has 0 saturated carbocycles. The van der Waals surface area contributed by atoms with E-state index in [1.165, 1.54) is 0 Å². The van der Waals surface area contributed by atoms with Crippen molar-refractivity contribution in [2.45, 2.75) is 20.3 Å². The molecule has 0 aliphatic carbocycles. The van der Waals surface area contributed by atoms with Crippen LogP contribution in [0.3, 0.4) is 0 Å². The number of anilines is 1. The van der Waals surface area contributed by atoms with Gasteiger partial charge in [0.2, 0.25) is 5.65 Å². The van der Waals surface area contributed by atoms with Crippen molar-refractivity contribution >= 4 is 11.5 Å². The van der Waals surface area contributed by atoms with E-state index in [0.29, 0.717) is 0 Å². The zero-order valence-electron chi connectivity index (χ0n) is 11.2. The summed E-state index contributed by atoms with van der Waals surface area (Å²) in [6.07, 6.45) is 4.83. The summed E-state index contributed by atoms with van der Waals surface area (Å²) in [5.74, 6) is 1.75. The molecule has 0 aliphatic heterocycles. The lowest BCUT2D eigenvalue weighted by molar-refractivity contribution is 0.664. The summed E-state index contributed by atoms with van der Waals surface area (Å²) in [5, 5.41) is 11.6. The number of nitrogens with one attached hydrogen (secondary N) is 1. The second-order valence-electron chi connectivity index (χ2n) is 4.36. The number of rotatable bonds is 6. The van der Waals surface area contributed by atoms with Gasteiger partial charge in [-0.15, -0.1) is 10.2 Å². The summed E-state index contributed by atoms with van der Waals surface area (Å²) in [7, 11) is 2.03. The summed E-state index contributed by atoms with van der Waals surface area (Å²) in [4.78, 5) is 6.50. The van der Waals surface area contributed by atoms with Crippen LogP contribution in [0.25, 0.3) is 5.65 Å². The van der Waals surface area contributed by atoms with E-state index in [4.69, 9.17) is 0 Å². The van der Waals surface area contributed by atoms with E-state index in [0.717, 1.165) is 43.3 Å². The number of likely N-dealkylation sites (N-methyl/N-ethyl adjacent to an activating group) is 1. The van der Waals surface area contributed by atoms with E-state index in [1.807, 2.05) is 24.6 Å². The lowest BCUT2D eigenvalue weighted by atomic mass is 10.4. The molecule has 0 aromatic carbocycles. The molecule has 0 saturated heterocycles. The Labute approximate surface area is 107 Å². The van der Waals surface area contributed by atoms with Crippen molar-refractivity contribution in [2.75, 3.05) is 31.6 Å². The molecule has 0 fully saturated rings. The normalized spacial score (nSPS) is 11.1. The van der Waals surface area contributed by atoms with Crippen molar-refractivity contribution < 1.29 is 0 Å². The Hall–Kier alpha value is -1.69. The Kier molecular flexibility index (Phi) is 4.09. The molecule has 18 heavy (non-hydrogen) atoms. The van der Waals surface area contributed by atoms with Crippen LogP contribution >= 0.6 is 0 Å². The number of hydrogen-bond acceptors (Lipinski definition) is 5. The first-order chi connectivity index (χ1) is 8.74. The molecule has 0 spiro atoms. The second-order valence-corrected chi connectivity index (χ2v) is 4.36. The molecule has 6 nitrogen and oxygen atoms in total. The molecule has 0 unspecified atom stereocenters. The van der Waals surface area contributed by atoms with E-state index in [1.54, 1.807) is 6.20 Å². The first-order valence-corrected chi connectivity index (χ1v) is 6.32. The fourth-order valence-corrected chi connectivity index (χ4v) is 1.85.